The number of hydrogen-bond acceptors (Lipinski definition) is 5. The summed E-state index contributed by atoms with van der Waals surface area (Å²) in [7, 11) is 0. The molecule has 6 nitrogen and oxygen atoms in total. The zero-order valence-electron chi connectivity index (χ0n) is 19.2. The van der Waals surface area contributed by atoms with Gasteiger partial charge in [-0.25, -0.2) is 9.78 Å². The fourth-order valence-electron chi connectivity index (χ4n) is 4.57. The summed E-state index contributed by atoms with van der Waals surface area (Å²) in [6.07, 6.45) is 5.32. The van der Waals surface area contributed by atoms with Gasteiger partial charge in [0.15, 0.2) is 5.65 Å². The van der Waals surface area contributed by atoms with Gasteiger partial charge in [-0.05, 0) is 76.1 Å². The van der Waals surface area contributed by atoms with E-state index in [1.165, 1.54) is 11.3 Å². The number of anilines is 1. The summed E-state index contributed by atoms with van der Waals surface area (Å²) in [4.78, 5) is 17.2. The van der Waals surface area contributed by atoms with Crippen molar-refractivity contribution in [1.29, 1.82) is 0 Å². The second-order valence-corrected chi connectivity index (χ2v) is 8.34. The predicted octanol–water partition coefficient (Wildman–Crippen LogP) is 5.28. The number of carbonyl (C=O) groups excluding carboxylic acids is 1. The van der Waals surface area contributed by atoms with E-state index in [9.17, 15) is 4.79 Å². The molecule has 3 aromatic rings. The molecule has 0 unspecified atom stereocenters. The van der Waals surface area contributed by atoms with Crippen molar-refractivity contribution in [2.45, 2.75) is 72.8 Å². The molecular weight excluding hydrogens is 388 g/mol. The molecule has 4 rings (SSSR count). The highest BCUT2D eigenvalue weighted by molar-refractivity contribution is 5.92. The Balaban J connectivity index is 1.87. The number of aryl methyl sites for hydroxylation is 3. The molecule has 0 saturated heterocycles. The van der Waals surface area contributed by atoms with Gasteiger partial charge in [-0.1, -0.05) is 19.9 Å². The Hall–Kier alpha value is -2.89. The summed E-state index contributed by atoms with van der Waals surface area (Å²) in [5, 5.41) is 8.68. The number of rotatable bonds is 7. The molecule has 0 bridgehead atoms. The van der Waals surface area contributed by atoms with Gasteiger partial charge >= 0.3 is 5.97 Å². The highest BCUT2D eigenvalue weighted by atomic mass is 16.5. The van der Waals surface area contributed by atoms with Crippen LogP contribution in [0.5, 0.6) is 0 Å². The Bertz CT molecular complexity index is 1130. The first-order chi connectivity index (χ1) is 15.0. The van der Waals surface area contributed by atoms with Gasteiger partial charge in [0.25, 0.3) is 0 Å². The van der Waals surface area contributed by atoms with Crippen molar-refractivity contribution in [2.24, 2.45) is 0 Å². The molecule has 2 heterocycles. The summed E-state index contributed by atoms with van der Waals surface area (Å²) in [6.45, 7) is 10.7. The number of nitrogens with zero attached hydrogens (tertiary/aromatic N) is 3. The minimum atomic E-state index is -0.290. The van der Waals surface area contributed by atoms with Crippen LogP contribution in [-0.2, 0) is 17.6 Å². The van der Waals surface area contributed by atoms with E-state index in [2.05, 4.69) is 19.2 Å². The van der Waals surface area contributed by atoms with Crippen molar-refractivity contribution in [2.75, 3.05) is 11.9 Å². The van der Waals surface area contributed by atoms with Crippen LogP contribution in [-0.4, -0.2) is 33.2 Å². The summed E-state index contributed by atoms with van der Waals surface area (Å²) in [6, 6.07) is 6.13. The summed E-state index contributed by atoms with van der Waals surface area (Å²) >= 11 is 0. The van der Waals surface area contributed by atoms with Gasteiger partial charge in [0.2, 0.25) is 0 Å². The topological polar surface area (TPSA) is 68.5 Å². The normalized spacial score (nSPS) is 13.1. The van der Waals surface area contributed by atoms with Crippen molar-refractivity contribution in [1.82, 2.24) is 14.6 Å². The van der Waals surface area contributed by atoms with Gasteiger partial charge in [0, 0.05) is 22.9 Å². The molecule has 0 amide bonds. The van der Waals surface area contributed by atoms with Crippen LogP contribution in [0.1, 0.15) is 72.9 Å². The van der Waals surface area contributed by atoms with Crippen LogP contribution in [0, 0.1) is 13.8 Å². The summed E-state index contributed by atoms with van der Waals surface area (Å²) in [5.41, 5.74) is 8.00. The van der Waals surface area contributed by atoms with Crippen LogP contribution in [0.2, 0.25) is 0 Å². The third-order valence-electron chi connectivity index (χ3n) is 6.30. The van der Waals surface area contributed by atoms with E-state index in [0.29, 0.717) is 18.2 Å². The number of esters is 1. The van der Waals surface area contributed by atoms with Crippen molar-refractivity contribution >= 4 is 17.4 Å². The zero-order chi connectivity index (χ0) is 22.1. The van der Waals surface area contributed by atoms with Crippen molar-refractivity contribution in [3.63, 3.8) is 0 Å². The smallest absolute Gasteiger partial charge is 0.338 e. The first-order valence-corrected chi connectivity index (χ1v) is 11.4. The monoisotopic (exact) mass is 420 g/mol. The molecule has 1 aliphatic rings. The van der Waals surface area contributed by atoms with Gasteiger partial charge in [0.05, 0.1) is 17.9 Å². The third kappa shape index (κ3) is 3.80. The molecule has 6 heteroatoms. The average molecular weight is 421 g/mol. The van der Waals surface area contributed by atoms with E-state index >= 15 is 0 Å². The maximum Gasteiger partial charge on any atom is 0.338 e. The number of aromatic nitrogens is 3. The standard InChI is InChI=1S/C25H32N4O2/c1-6-18(7-2)26-23-20-10-9-11-21(20)27-24-22(16(5)28-29(23)24)19-13-12-17(14-15(19)4)25(30)31-8-3/h12-14,18,26H,6-11H2,1-5H3. The minimum absolute atomic E-state index is 0.290. The van der Waals surface area contributed by atoms with E-state index in [1.807, 2.05) is 43.5 Å². The Morgan fingerprint density at radius 2 is 1.97 bits per heavy atom. The quantitative estimate of drug-likeness (QED) is 0.527. The lowest BCUT2D eigenvalue weighted by Gasteiger charge is -2.20. The summed E-state index contributed by atoms with van der Waals surface area (Å²) in [5.74, 6) is 0.808. The zero-order valence-corrected chi connectivity index (χ0v) is 19.2. The maximum atomic E-state index is 12.1. The van der Waals surface area contributed by atoms with Gasteiger partial charge in [0.1, 0.15) is 5.82 Å². The number of carbonyl (C=O) groups is 1. The molecule has 0 radical (unpaired) electrons. The van der Waals surface area contributed by atoms with Crippen LogP contribution in [0.4, 0.5) is 5.82 Å². The van der Waals surface area contributed by atoms with Crippen LogP contribution < -0.4 is 5.32 Å². The first kappa shape index (κ1) is 21.3. The number of fused-ring (bicyclic) bond motifs is 2. The second kappa shape index (κ2) is 8.69. The number of ether oxygens (including phenoxy) is 1. The van der Waals surface area contributed by atoms with E-state index in [0.717, 1.165) is 66.0 Å². The molecule has 0 fully saturated rings. The van der Waals surface area contributed by atoms with Gasteiger partial charge in [-0.3, -0.25) is 0 Å². The van der Waals surface area contributed by atoms with Crippen molar-refractivity contribution in [3.8, 4) is 11.1 Å². The van der Waals surface area contributed by atoms with Crippen LogP contribution >= 0.6 is 0 Å². The second-order valence-electron chi connectivity index (χ2n) is 8.34. The Morgan fingerprint density at radius 1 is 1.19 bits per heavy atom. The molecule has 0 aliphatic heterocycles. The molecule has 0 saturated carbocycles. The van der Waals surface area contributed by atoms with Crippen molar-refractivity contribution in [3.05, 3.63) is 46.3 Å². The van der Waals surface area contributed by atoms with Crippen LogP contribution in [0.15, 0.2) is 18.2 Å². The highest BCUT2D eigenvalue weighted by Crippen LogP contribution is 2.36. The number of benzene rings is 1. The predicted molar refractivity (Wildman–Crippen MR) is 124 cm³/mol. The van der Waals surface area contributed by atoms with E-state index in [4.69, 9.17) is 14.8 Å². The average Bonchev–Trinajstić information content (AvgIpc) is 3.35. The number of nitrogens with one attached hydrogen (secondary N) is 1. The molecule has 1 N–H and O–H groups in total. The van der Waals surface area contributed by atoms with Crippen LogP contribution in [0.25, 0.3) is 16.8 Å². The molecule has 0 atom stereocenters. The van der Waals surface area contributed by atoms with Gasteiger partial charge in [-0.15, -0.1) is 0 Å². The molecule has 164 valence electrons. The molecule has 1 aromatic carbocycles. The number of hydrogen-bond donors (Lipinski definition) is 1. The van der Waals surface area contributed by atoms with E-state index in [1.54, 1.807) is 0 Å². The Labute approximate surface area is 184 Å². The summed E-state index contributed by atoms with van der Waals surface area (Å²) < 4.78 is 7.16. The van der Waals surface area contributed by atoms with E-state index < -0.39 is 0 Å². The first-order valence-electron chi connectivity index (χ1n) is 11.4. The maximum absolute atomic E-state index is 12.1. The highest BCUT2D eigenvalue weighted by Gasteiger charge is 2.25. The van der Waals surface area contributed by atoms with Crippen molar-refractivity contribution < 1.29 is 9.53 Å². The minimum Gasteiger partial charge on any atom is -0.462 e. The lowest BCUT2D eigenvalue weighted by Crippen LogP contribution is -2.21. The molecule has 2 aromatic heterocycles. The SMILES string of the molecule is CCOC(=O)c1ccc(-c2c(C)nn3c(NC(CC)CC)c4c(nc23)CCC4)c(C)c1. The Morgan fingerprint density at radius 3 is 2.65 bits per heavy atom. The third-order valence-corrected chi connectivity index (χ3v) is 6.30. The Kier molecular flexibility index (Phi) is 5.99. The van der Waals surface area contributed by atoms with E-state index in [-0.39, 0.29) is 5.97 Å². The van der Waals surface area contributed by atoms with Gasteiger partial charge < -0.3 is 10.1 Å². The fourth-order valence-corrected chi connectivity index (χ4v) is 4.57. The molecular formula is C25H32N4O2. The lowest BCUT2D eigenvalue weighted by atomic mass is 9.98. The van der Waals surface area contributed by atoms with Crippen LogP contribution in [0.3, 0.4) is 0 Å². The molecule has 0 spiro atoms. The van der Waals surface area contributed by atoms with Gasteiger partial charge in [-0.2, -0.15) is 9.61 Å². The largest absolute Gasteiger partial charge is 0.462 e. The molecule has 1 aliphatic carbocycles. The lowest BCUT2D eigenvalue weighted by molar-refractivity contribution is 0.0526. The fraction of sp³-hybridized carbons (Fsp3) is 0.480. The molecule has 31 heavy (non-hydrogen) atoms.